The number of nitrogens with zero attached hydrogens (tertiary/aromatic N) is 3. The first-order chi connectivity index (χ1) is 15.1. The van der Waals surface area contributed by atoms with Crippen LogP contribution in [0.3, 0.4) is 0 Å². The highest BCUT2D eigenvalue weighted by molar-refractivity contribution is 5.82. The molecule has 2 aromatic heterocycles. The van der Waals surface area contributed by atoms with Crippen LogP contribution in [0.15, 0.2) is 24.4 Å². The number of methoxy groups -OCH3 is 1. The van der Waals surface area contributed by atoms with Crippen molar-refractivity contribution in [3.05, 3.63) is 35.8 Å². The van der Waals surface area contributed by atoms with Gasteiger partial charge in [-0.2, -0.15) is 9.97 Å². The molecule has 0 amide bonds. The van der Waals surface area contributed by atoms with Crippen molar-refractivity contribution in [3.8, 4) is 11.6 Å². The highest BCUT2D eigenvalue weighted by Crippen LogP contribution is 2.53. The normalized spacial score (nSPS) is 18.2. The molecule has 0 unspecified atom stereocenters. The third-order valence-electron chi connectivity index (χ3n) is 6.04. The molecule has 0 radical (unpaired) electrons. The van der Waals surface area contributed by atoms with E-state index in [9.17, 15) is 0 Å². The summed E-state index contributed by atoms with van der Waals surface area (Å²) in [7, 11) is 1.58. The highest BCUT2D eigenvalue weighted by atomic mass is 19.1. The molecule has 1 saturated heterocycles. The minimum atomic E-state index is -0.265. The van der Waals surface area contributed by atoms with Crippen LogP contribution in [0.2, 0.25) is 0 Å². The quantitative estimate of drug-likeness (QED) is 0.596. The predicted molar refractivity (Wildman–Crippen MR) is 115 cm³/mol. The standard InChI is InChI=1S/C22H26FN5O3/c1-3-31-20-14-4-7-24-19(14)26-21(27-20)25-17-13-16(23)15(12-18(17)29-2)22(5-6-22)28-8-10-30-11-9-28/h4,7,12-13H,3,5-6,8-11H2,1-2H3,(H2,24,25,26,27). The summed E-state index contributed by atoms with van der Waals surface area (Å²) in [5, 5.41) is 3.90. The van der Waals surface area contributed by atoms with E-state index in [0.717, 1.165) is 31.3 Å². The van der Waals surface area contributed by atoms with Gasteiger partial charge in [-0.05, 0) is 31.9 Å². The molecule has 1 aliphatic carbocycles. The average Bonchev–Trinajstić information content (AvgIpc) is 3.45. The van der Waals surface area contributed by atoms with Crippen LogP contribution in [-0.4, -0.2) is 59.9 Å². The monoisotopic (exact) mass is 427 g/mol. The third-order valence-corrected chi connectivity index (χ3v) is 6.04. The van der Waals surface area contributed by atoms with Gasteiger partial charge in [0.15, 0.2) is 0 Å². The van der Waals surface area contributed by atoms with Gasteiger partial charge in [-0.25, -0.2) is 4.39 Å². The summed E-state index contributed by atoms with van der Waals surface area (Å²) < 4.78 is 32.1. The maximum atomic E-state index is 15.3. The molecule has 1 aromatic carbocycles. The highest BCUT2D eigenvalue weighted by Gasteiger charge is 2.51. The Bertz CT molecular complexity index is 1090. The number of ether oxygens (including phenoxy) is 3. The predicted octanol–water partition coefficient (Wildman–Crippen LogP) is 3.57. The smallest absolute Gasteiger partial charge is 0.232 e. The zero-order valence-electron chi connectivity index (χ0n) is 17.7. The van der Waals surface area contributed by atoms with Crippen LogP contribution in [0.5, 0.6) is 11.6 Å². The first-order valence-electron chi connectivity index (χ1n) is 10.6. The first kappa shape index (κ1) is 20.0. The summed E-state index contributed by atoms with van der Waals surface area (Å²) >= 11 is 0. The van der Waals surface area contributed by atoms with Crippen LogP contribution >= 0.6 is 0 Å². The van der Waals surface area contributed by atoms with E-state index in [1.165, 1.54) is 6.07 Å². The number of anilines is 2. The van der Waals surface area contributed by atoms with Gasteiger partial charge in [0, 0.05) is 36.5 Å². The Morgan fingerprint density at radius 3 is 2.77 bits per heavy atom. The lowest BCUT2D eigenvalue weighted by molar-refractivity contribution is 0.00749. The second-order valence-electron chi connectivity index (χ2n) is 7.81. The van der Waals surface area contributed by atoms with Crippen molar-refractivity contribution in [2.45, 2.75) is 25.3 Å². The summed E-state index contributed by atoms with van der Waals surface area (Å²) in [5.41, 5.74) is 1.52. The van der Waals surface area contributed by atoms with E-state index in [1.807, 2.05) is 13.0 Å². The Kier molecular flexibility index (Phi) is 5.15. The van der Waals surface area contributed by atoms with Crippen LogP contribution in [0.4, 0.5) is 16.0 Å². The number of hydrogen-bond donors (Lipinski definition) is 2. The first-order valence-corrected chi connectivity index (χ1v) is 10.6. The Hall–Kier alpha value is -2.91. The van der Waals surface area contributed by atoms with Crippen LogP contribution in [0, 0.1) is 5.82 Å². The average molecular weight is 427 g/mol. The second-order valence-corrected chi connectivity index (χ2v) is 7.81. The van der Waals surface area contributed by atoms with E-state index in [4.69, 9.17) is 14.2 Å². The summed E-state index contributed by atoms with van der Waals surface area (Å²) in [6.07, 6.45) is 3.65. The van der Waals surface area contributed by atoms with Crippen molar-refractivity contribution in [1.29, 1.82) is 0 Å². The molecule has 0 atom stereocenters. The van der Waals surface area contributed by atoms with Gasteiger partial charge in [0.25, 0.3) is 0 Å². The lowest BCUT2D eigenvalue weighted by atomic mass is 10.0. The lowest BCUT2D eigenvalue weighted by Crippen LogP contribution is -2.44. The number of hydrogen-bond acceptors (Lipinski definition) is 7. The number of morpholine rings is 1. The fraction of sp³-hybridized carbons (Fsp3) is 0.455. The summed E-state index contributed by atoms with van der Waals surface area (Å²) in [4.78, 5) is 14.3. The van der Waals surface area contributed by atoms with Gasteiger partial charge in [0.1, 0.15) is 17.2 Å². The summed E-state index contributed by atoms with van der Waals surface area (Å²) in [6, 6.07) is 5.13. The topological polar surface area (TPSA) is 84.5 Å². The zero-order valence-corrected chi connectivity index (χ0v) is 17.7. The molecular formula is C22H26FN5O3. The number of fused-ring (bicyclic) bond motifs is 1. The molecule has 2 aliphatic rings. The fourth-order valence-electron chi connectivity index (χ4n) is 4.38. The van der Waals surface area contributed by atoms with Gasteiger partial charge in [-0.1, -0.05) is 0 Å². The van der Waals surface area contributed by atoms with E-state index < -0.39 is 0 Å². The van der Waals surface area contributed by atoms with E-state index >= 15 is 4.39 Å². The number of halogens is 1. The Balaban J connectivity index is 1.48. The molecule has 1 aliphatic heterocycles. The van der Waals surface area contributed by atoms with E-state index in [1.54, 1.807) is 19.4 Å². The molecule has 164 valence electrons. The molecule has 31 heavy (non-hydrogen) atoms. The molecule has 5 rings (SSSR count). The van der Waals surface area contributed by atoms with Gasteiger partial charge in [0.2, 0.25) is 11.8 Å². The third kappa shape index (κ3) is 3.57. The van der Waals surface area contributed by atoms with Crippen LogP contribution < -0.4 is 14.8 Å². The fourth-order valence-corrected chi connectivity index (χ4v) is 4.38. The molecule has 0 bridgehead atoms. The van der Waals surface area contributed by atoms with Gasteiger partial charge in [-0.3, -0.25) is 4.90 Å². The van der Waals surface area contributed by atoms with Crippen LogP contribution in [-0.2, 0) is 10.3 Å². The van der Waals surface area contributed by atoms with Crippen molar-refractivity contribution in [1.82, 2.24) is 19.9 Å². The van der Waals surface area contributed by atoms with Crippen LogP contribution in [0.25, 0.3) is 11.0 Å². The summed E-state index contributed by atoms with van der Waals surface area (Å²) in [5.74, 6) is 1.05. The second kappa shape index (κ2) is 7.97. The van der Waals surface area contributed by atoms with Crippen molar-refractivity contribution in [2.75, 3.05) is 45.3 Å². The van der Waals surface area contributed by atoms with Crippen molar-refractivity contribution in [3.63, 3.8) is 0 Å². The van der Waals surface area contributed by atoms with Gasteiger partial charge in [0.05, 0.1) is 38.0 Å². The van der Waals surface area contributed by atoms with Gasteiger partial charge in [-0.15, -0.1) is 0 Å². The zero-order chi connectivity index (χ0) is 21.4. The number of aromatic nitrogens is 3. The van der Waals surface area contributed by atoms with E-state index in [-0.39, 0.29) is 11.4 Å². The molecule has 8 nitrogen and oxygen atoms in total. The van der Waals surface area contributed by atoms with Crippen molar-refractivity contribution >= 4 is 22.7 Å². The Labute approximate surface area is 179 Å². The molecule has 1 saturated carbocycles. The largest absolute Gasteiger partial charge is 0.495 e. The molecule has 3 heterocycles. The number of H-pyrrole nitrogens is 1. The van der Waals surface area contributed by atoms with Crippen LogP contribution in [0.1, 0.15) is 25.3 Å². The maximum Gasteiger partial charge on any atom is 0.232 e. The molecule has 2 fully saturated rings. The molecule has 3 aromatic rings. The molecular weight excluding hydrogens is 401 g/mol. The molecule has 9 heteroatoms. The van der Waals surface area contributed by atoms with E-state index in [0.29, 0.717) is 54.3 Å². The minimum Gasteiger partial charge on any atom is -0.495 e. The van der Waals surface area contributed by atoms with Crippen molar-refractivity contribution in [2.24, 2.45) is 0 Å². The Morgan fingerprint density at radius 2 is 2.06 bits per heavy atom. The summed E-state index contributed by atoms with van der Waals surface area (Å²) in [6.45, 7) is 5.36. The van der Waals surface area contributed by atoms with E-state index in [2.05, 4.69) is 25.2 Å². The number of rotatable bonds is 7. The SMILES string of the molecule is CCOc1nc(Nc2cc(F)c(C3(N4CCOCC4)CC3)cc2OC)nc2[nH]ccc12. The molecule has 2 N–H and O–H groups in total. The van der Waals surface area contributed by atoms with Crippen molar-refractivity contribution < 1.29 is 18.6 Å². The lowest BCUT2D eigenvalue weighted by Gasteiger charge is -2.35. The Morgan fingerprint density at radius 1 is 1.26 bits per heavy atom. The van der Waals surface area contributed by atoms with Gasteiger partial charge >= 0.3 is 0 Å². The maximum absolute atomic E-state index is 15.3. The molecule has 0 spiro atoms. The number of benzene rings is 1. The van der Waals surface area contributed by atoms with Gasteiger partial charge < -0.3 is 24.5 Å². The minimum absolute atomic E-state index is 0.262. The number of nitrogens with one attached hydrogen (secondary N) is 2. The number of aromatic amines is 1.